The number of fused-ring (bicyclic) bond motifs is 1. The Morgan fingerprint density at radius 2 is 2.05 bits per heavy atom. The zero-order chi connectivity index (χ0) is 13.6. The largest absolute Gasteiger partial charge is 0.398 e. The van der Waals surface area contributed by atoms with Crippen LogP contribution in [0.4, 0.5) is 5.69 Å². The third-order valence-corrected chi connectivity index (χ3v) is 4.49. The summed E-state index contributed by atoms with van der Waals surface area (Å²) in [6.45, 7) is 2.73. The van der Waals surface area contributed by atoms with Gasteiger partial charge in [-0.2, -0.15) is 0 Å². The van der Waals surface area contributed by atoms with Gasteiger partial charge < -0.3 is 5.73 Å². The molecule has 0 bridgehead atoms. The Hall–Kier alpha value is -1.84. The maximum Gasteiger partial charge on any atom is 0.263 e. The highest BCUT2D eigenvalue weighted by Crippen LogP contribution is 2.34. The molecule has 0 saturated heterocycles. The third kappa shape index (κ3) is 1.82. The van der Waals surface area contributed by atoms with Crippen LogP contribution in [0.25, 0.3) is 0 Å². The van der Waals surface area contributed by atoms with Crippen LogP contribution in [0.3, 0.4) is 0 Å². The lowest BCUT2D eigenvalue weighted by Gasteiger charge is -2.21. The first-order chi connectivity index (χ1) is 9.09. The predicted molar refractivity (Wildman–Crippen MR) is 72.7 cm³/mol. The number of hydrogen-bond acceptors (Lipinski definition) is 3. The molecule has 1 aliphatic carbocycles. The van der Waals surface area contributed by atoms with E-state index in [0.717, 1.165) is 6.42 Å². The molecule has 2 aliphatic rings. The van der Waals surface area contributed by atoms with E-state index in [1.807, 2.05) is 0 Å². The summed E-state index contributed by atoms with van der Waals surface area (Å²) >= 11 is 0. The Kier molecular flexibility index (Phi) is 2.81. The average molecular weight is 258 g/mol. The van der Waals surface area contributed by atoms with Crippen molar-refractivity contribution in [1.29, 1.82) is 0 Å². The second-order valence-electron chi connectivity index (χ2n) is 5.66. The average Bonchev–Trinajstić information content (AvgIpc) is 2.88. The van der Waals surface area contributed by atoms with Gasteiger partial charge in [-0.15, -0.1) is 0 Å². The van der Waals surface area contributed by atoms with Crippen molar-refractivity contribution in [3.8, 4) is 0 Å². The maximum absolute atomic E-state index is 12.3. The van der Waals surface area contributed by atoms with Crippen LogP contribution in [0.5, 0.6) is 0 Å². The molecule has 2 atom stereocenters. The zero-order valence-corrected chi connectivity index (χ0v) is 11.1. The molecule has 0 spiro atoms. The molecule has 1 aromatic rings. The number of carbonyl (C=O) groups excluding carboxylic acids is 2. The summed E-state index contributed by atoms with van der Waals surface area (Å²) in [5, 5.41) is 0. The van der Waals surface area contributed by atoms with Gasteiger partial charge in [-0.25, -0.2) is 0 Å². The van der Waals surface area contributed by atoms with Gasteiger partial charge >= 0.3 is 0 Å². The fourth-order valence-corrected chi connectivity index (χ4v) is 3.25. The lowest BCUT2D eigenvalue weighted by Crippen LogP contribution is -2.35. The summed E-state index contributed by atoms with van der Waals surface area (Å²) in [7, 11) is 0. The third-order valence-electron chi connectivity index (χ3n) is 4.49. The van der Waals surface area contributed by atoms with E-state index in [9.17, 15) is 9.59 Å². The fraction of sp³-hybridized carbons (Fsp3) is 0.467. The highest BCUT2D eigenvalue weighted by molar-refractivity contribution is 6.23. The van der Waals surface area contributed by atoms with Crippen LogP contribution < -0.4 is 5.73 Å². The van der Waals surface area contributed by atoms with E-state index in [2.05, 4.69) is 6.92 Å². The first kappa shape index (κ1) is 12.2. The van der Waals surface area contributed by atoms with E-state index in [1.54, 1.807) is 18.2 Å². The smallest absolute Gasteiger partial charge is 0.263 e. The highest BCUT2D eigenvalue weighted by Gasteiger charge is 2.39. The zero-order valence-electron chi connectivity index (χ0n) is 11.1. The topological polar surface area (TPSA) is 63.4 Å². The lowest BCUT2D eigenvalue weighted by molar-refractivity contribution is 0.0620. The number of imide groups is 1. The van der Waals surface area contributed by atoms with Crippen molar-refractivity contribution in [1.82, 2.24) is 4.90 Å². The number of carbonyl (C=O) groups is 2. The molecule has 1 fully saturated rings. The molecule has 1 aromatic carbocycles. The van der Waals surface area contributed by atoms with Gasteiger partial charge in [0.25, 0.3) is 11.8 Å². The first-order valence-electron chi connectivity index (χ1n) is 6.84. The molecule has 1 heterocycles. The number of rotatable bonds is 2. The van der Waals surface area contributed by atoms with E-state index in [0.29, 0.717) is 35.2 Å². The van der Waals surface area contributed by atoms with Crippen LogP contribution in [0, 0.1) is 11.8 Å². The molecule has 19 heavy (non-hydrogen) atoms. The standard InChI is InChI=1S/C15H18N2O2/c1-9-4-2-5-10(9)8-17-14(18)11-6-3-7-12(16)13(11)15(17)19/h3,6-7,9-10H,2,4-5,8,16H2,1H3. The molecule has 100 valence electrons. The molecule has 2 amide bonds. The summed E-state index contributed by atoms with van der Waals surface area (Å²) in [5.41, 5.74) is 7.06. The van der Waals surface area contributed by atoms with Crippen LogP contribution in [0.2, 0.25) is 0 Å². The molecule has 0 aromatic heterocycles. The SMILES string of the molecule is CC1CCCC1CN1C(=O)c2cccc(N)c2C1=O. The van der Waals surface area contributed by atoms with Gasteiger partial charge in [-0.3, -0.25) is 14.5 Å². The van der Waals surface area contributed by atoms with E-state index >= 15 is 0 Å². The summed E-state index contributed by atoms with van der Waals surface area (Å²) in [5.74, 6) is 0.605. The predicted octanol–water partition coefficient (Wildman–Crippen LogP) is 2.30. The molecular formula is C15H18N2O2. The van der Waals surface area contributed by atoms with Crippen molar-refractivity contribution >= 4 is 17.5 Å². The second-order valence-corrected chi connectivity index (χ2v) is 5.66. The molecule has 2 N–H and O–H groups in total. The Morgan fingerprint density at radius 1 is 1.26 bits per heavy atom. The van der Waals surface area contributed by atoms with Crippen LogP contribution in [-0.2, 0) is 0 Å². The normalized spacial score (nSPS) is 26.1. The molecule has 1 aliphatic heterocycles. The molecule has 0 radical (unpaired) electrons. The number of benzene rings is 1. The molecule has 4 heteroatoms. The minimum atomic E-state index is -0.225. The van der Waals surface area contributed by atoms with Crippen LogP contribution in [0.1, 0.15) is 46.9 Å². The van der Waals surface area contributed by atoms with Crippen LogP contribution in [0.15, 0.2) is 18.2 Å². The fourth-order valence-electron chi connectivity index (χ4n) is 3.25. The van der Waals surface area contributed by atoms with Crippen LogP contribution >= 0.6 is 0 Å². The first-order valence-corrected chi connectivity index (χ1v) is 6.84. The second kappa shape index (κ2) is 4.37. The van der Waals surface area contributed by atoms with Gasteiger partial charge in [0.2, 0.25) is 0 Å². The van der Waals surface area contributed by atoms with Gasteiger partial charge in [-0.05, 0) is 30.4 Å². The van der Waals surface area contributed by atoms with Crippen LogP contribution in [-0.4, -0.2) is 23.3 Å². The van der Waals surface area contributed by atoms with Crippen molar-refractivity contribution in [2.45, 2.75) is 26.2 Å². The summed E-state index contributed by atoms with van der Waals surface area (Å²) in [4.78, 5) is 26.0. The minimum absolute atomic E-state index is 0.189. The maximum atomic E-state index is 12.3. The van der Waals surface area contributed by atoms with E-state index in [-0.39, 0.29) is 11.8 Å². The quantitative estimate of drug-likeness (QED) is 0.654. The van der Waals surface area contributed by atoms with Gasteiger partial charge in [0.1, 0.15) is 0 Å². The molecule has 1 saturated carbocycles. The number of hydrogen-bond donors (Lipinski definition) is 1. The monoisotopic (exact) mass is 258 g/mol. The molecule has 4 nitrogen and oxygen atoms in total. The van der Waals surface area contributed by atoms with E-state index in [1.165, 1.54) is 17.7 Å². The minimum Gasteiger partial charge on any atom is -0.398 e. The van der Waals surface area contributed by atoms with Gasteiger partial charge in [0.05, 0.1) is 11.1 Å². The Morgan fingerprint density at radius 3 is 2.68 bits per heavy atom. The van der Waals surface area contributed by atoms with E-state index < -0.39 is 0 Å². The number of nitrogens with two attached hydrogens (primary N) is 1. The Bertz CT molecular complexity index is 553. The van der Waals surface area contributed by atoms with Crippen molar-refractivity contribution in [2.75, 3.05) is 12.3 Å². The van der Waals surface area contributed by atoms with Gasteiger partial charge in [0, 0.05) is 12.2 Å². The number of anilines is 1. The van der Waals surface area contributed by atoms with Gasteiger partial charge in [-0.1, -0.05) is 25.8 Å². The number of amides is 2. The molecule has 3 rings (SSSR count). The number of nitrogen functional groups attached to an aromatic ring is 1. The Labute approximate surface area is 112 Å². The molecular weight excluding hydrogens is 240 g/mol. The Balaban J connectivity index is 1.88. The highest BCUT2D eigenvalue weighted by atomic mass is 16.2. The molecule has 2 unspecified atom stereocenters. The summed E-state index contributed by atoms with van der Waals surface area (Å²) < 4.78 is 0. The van der Waals surface area contributed by atoms with Gasteiger partial charge in [0.15, 0.2) is 0 Å². The lowest BCUT2D eigenvalue weighted by atomic mass is 9.97. The summed E-state index contributed by atoms with van der Waals surface area (Å²) in [6, 6.07) is 5.08. The summed E-state index contributed by atoms with van der Waals surface area (Å²) in [6.07, 6.45) is 3.48. The van der Waals surface area contributed by atoms with Crippen molar-refractivity contribution in [3.05, 3.63) is 29.3 Å². The van der Waals surface area contributed by atoms with E-state index in [4.69, 9.17) is 5.73 Å². The number of nitrogens with zero attached hydrogens (tertiary/aromatic N) is 1. The van der Waals surface area contributed by atoms with Crippen molar-refractivity contribution < 1.29 is 9.59 Å². The van der Waals surface area contributed by atoms with Crippen molar-refractivity contribution in [3.63, 3.8) is 0 Å². The van der Waals surface area contributed by atoms with Crippen molar-refractivity contribution in [2.24, 2.45) is 11.8 Å².